The molecule has 0 fully saturated rings. The molecule has 7 nitrogen and oxygen atoms in total. The summed E-state index contributed by atoms with van der Waals surface area (Å²) in [6, 6.07) is 8.93. The third-order valence-electron chi connectivity index (χ3n) is 3.01. The Morgan fingerprint density at radius 1 is 1.36 bits per heavy atom. The number of ether oxygens (including phenoxy) is 2. The van der Waals surface area contributed by atoms with Crippen LogP contribution in [0.3, 0.4) is 0 Å². The van der Waals surface area contributed by atoms with Gasteiger partial charge < -0.3 is 14.5 Å². The van der Waals surface area contributed by atoms with Crippen LogP contribution in [-0.4, -0.2) is 23.8 Å². The van der Waals surface area contributed by atoms with Gasteiger partial charge >= 0.3 is 5.08 Å². The van der Waals surface area contributed by atoms with Gasteiger partial charge in [0.05, 0.1) is 7.11 Å². The number of rotatable bonds is 6. The number of pyridine rings is 1. The Bertz CT molecular complexity index is 736. The summed E-state index contributed by atoms with van der Waals surface area (Å²) in [5.74, 6) is 0.907. The minimum atomic E-state index is -0.242. The molecule has 1 aromatic carbocycles. The van der Waals surface area contributed by atoms with Crippen LogP contribution in [0.25, 0.3) is 5.08 Å². The van der Waals surface area contributed by atoms with Crippen molar-refractivity contribution in [1.29, 1.82) is 5.39 Å². The van der Waals surface area contributed by atoms with Crippen molar-refractivity contribution in [2.75, 3.05) is 13.8 Å². The fraction of sp³-hybridized carbons (Fsp3) is 0.267. The smallest absolute Gasteiger partial charge is 0.309 e. The number of nitrogens with one attached hydrogen (secondary N) is 1. The van der Waals surface area contributed by atoms with E-state index >= 15 is 0 Å². The van der Waals surface area contributed by atoms with Crippen LogP contribution < -0.4 is 14.9 Å². The van der Waals surface area contributed by atoms with Crippen LogP contribution in [-0.2, 0) is 6.54 Å². The molecule has 1 heterocycles. The zero-order valence-electron chi connectivity index (χ0n) is 12.4. The fourth-order valence-electron chi connectivity index (χ4n) is 1.91. The highest BCUT2D eigenvalue weighted by Gasteiger charge is 2.16. The van der Waals surface area contributed by atoms with Crippen molar-refractivity contribution < 1.29 is 9.47 Å². The van der Waals surface area contributed by atoms with E-state index in [-0.39, 0.29) is 24.5 Å². The molecular formula is C15H17N4O3+. The van der Waals surface area contributed by atoms with Crippen LogP contribution in [0.1, 0.15) is 11.3 Å². The maximum absolute atomic E-state index is 11.7. The molecule has 0 saturated carbocycles. The molecule has 22 heavy (non-hydrogen) atoms. The summed E-state index contributed by atoms with van der Waals surface area (Å²) in [4.78, 5) is 14.6. The third kappa shape index (κ3) is 3.99. The van der Waals surface area contributed by atoms with Crippen LogP contribution in [0.4, 0.5) is 0 Å². The van der Waals surface area contributed by atoms with Gasteiger partial charge in [0.25, 0.3) is 5.39 Å². The molecule has 0 spiro atoms. The normalized spacial score (nSPS) is 9.86. The van der Waals surface area contributed by atoms with Crippen LogP contribution in [0.15, 0.2) is 41.3 Å². The molecule has 0 aliphatic rings. The standard InChI is InChI=1S/C15H16N4O3/c1-11-4-3-5-13(6-11)22-10-19(18-16)9-12-7-14(20)15(21-2)8-17-12/h3-8H,9-10H2,1-2H3/p+1. The molecule has 1 aromatic heterocycles. The first-order valence-electron chi connectivity index (χ1n) is 6.67. The van der Waals surface area contributed by atoms with Crippen LogP contribution in [0.5, 0.6) is 11.5 Å². The Kier molecular flexibility index (Phi) is 4.98. The topological polar surface area (TPSA) is 82.7 Å². The minimum Gasteiger partial charge on any atom is -0.491 e. The minimum absolute atomic E-state index is 0.0496. The summed E-state index contributed by atoms with van der Waals surface area (Å²) in [6.45, 7) is 2.21. The van der Waals surface area contributed by atoms with Crippen molar-refractivity contribution in [3.63, 3.8) is 0 Å². The van der Waals surface area contributed by atoms with Gasteiger partial charge in [0, 0.05) is 23.0 Å². The number of aryl methyl sites for hydroxylation is 1. The number of diazo groups is 1. The summed E-state index contributed by atoms with van der Waals surface area (Å²) in [5.41, 5.74) is 1.41. The first-order chi connectivity index (χ1) is 10.6. The van der Waals surface area contributed by atoms with Crippen molar-refractivity contribution in [1.82, 2.24) is 9.99 Å². The molecule has 114 valence electrons. The van der Waals surface area contributed by atoms with Crippen LogP contribution in [0, 0.1) is 12.3 Å². The van der Waals surface area contributed by atoms with E-state index in [9.17, 15) is 4.79 Å². The van der Waals surface area contributed by atoms with Gasteiger partial charge in [-0.05, 0) is 24.6 Å². The van der Waals surface area contributed by atoms with E-state index < -0.39 is 0 Å². The average molecular weight is 301 g/mol. The molecule has 0 aliphatic heterocycles. The highest BCUT2D eigenvalue weighted by atomic mass is 16.5. The lowest BCUT2D eigenvalue weighted by Gasteiger charge is -2.08. The Hall–Kier alpha value is -3.01. The van der Waals surface area contributed by atoms with E-state index in [4.69, 9.17) is 14.9 Å². The number of aromatic nitrogens is 1. The molecule has 0 aliphatic carbocycles. The maximum atomic E-state index is 11.7. The quantitative estimate of drug-likeness (QED) is 0.503. The third-order valence-corrected chi connectivity index (χ3v) is 3.01. The van der Waals surface area contributed by atoms with Gasteiger partial charge in [-0.15, -0.1) is 0 Å². The van der Waals surface area contributed by atoms with Crippen molar-refractivity contribution in [2.24, 2.45) is 0 Å². The predicted octanol–water partition coefficient (Wildman–Crippen LogP) is 2.30. The van der Waals surface area contributed by atoms with Gasteiger partial charge in [-0.3, -0.25) is 4.79 Å². The molecule has 0 unspecified atom stereocenters. The molecule has 0 amide bonds. The number of hydrogen-bond donors (Lipinski definition) is 1. The lowest BCUT2D eigenvalue weighted by molar-refractivity contribution is 0.160. The molecular weight excluding hydrogens is 284 g/mol. The first-order valence-corrected chi connectivity index (χ1v) is 6.67. The SMILES string of the molecule is COc1c[nH]c(CN(COc2cccc(C)c2)[N+]#N)cc1=O. The van der Waals surface area contributed by atoms with Gasteiger partial charge in [0.2, 0.25) is 12.2 Å². The first kappa shape index (κ1) is 15.4. The van der Waals surface area contributed by atoms with E-state index in [0.717, 1.165) is 5.56 Å². The Morgan fingerprint density at radius 3 is 2.82 bits per heavy atom. The average Bonchev–Trinajstić information content (AvgIpc) is 2.51. The van der Waals surface area contributed by atoms with Crippen molar-refractivity contribution in [3.8, 4) is 11.5 Å². The number of aromatic amines is 1. The van der Waals surface area contributed by atoms with Crippen LogP contribution >= 0.6 is 0 Å². The number of nitrogens with zero attached hydrogens (tertiary/aromatic N) is 3. The van der Waals surface area contributed by atoms with Gasteiger partial charge in [0.1, 0.15) is 12.3 Å². The second-order valence-corrected chi connectivity index (χ2v) is 4.73. The van der Waals surface area contributed by atoms with Crippen molar-refractivity contribution >= 4 is 0 Å². The molecule has 2 rings (SSSR count). The number of hydrogen-bond acceptors (Lipinski definition) is 5. The molecule has 7 heteroatoms. The van der Waals surface area contributed by atoms with Crippen molar-refractivity contribution in [2.45, 2.75) is 13.5 Å². The molecule has 0 radical (unpaired) electrons. The summed E-state index contributed by atoms with van der Waals surface area (Å²) in [7, 11) is 1.43. The summed E-state index contributed by atoms with van der Waals surface area (Å²) in [6.07, 6.45) is 1.47. The summed E-state index contributed by atoms with van der Waals surface area (Å²) < 4.78 is 10.4. The van der Waals surface area contributed by atoms with E-state index in [1.807, 2.05) is 31.2 Å². The monoisotopic (exact) mass is 301 g/mol. The summed E-state index contributed by atoms with van der Waals surface area (Å²) in [5, 5.41) is 13.5. The van der Waals surface area contributed by atoms with E-state index in [0.29, 0.717) is 11.4 Å². The molecule has 0 saturated heterocycles. The highest BCUT2D eigenvalue weighted by Crippen LogP contribution is 2.13. The molecule has 0 atom stereocenters. The van der Waals surface area contributed by atoms with E-state index in [1.165, 1.54) is 24.4 Å². The number of methoxy groups -OCH3 is 1. The van der Waals surface area contributed by atoms with Gasteiger partial charge in [0.15, 0.2) is 5.75 Å². The molecule has 1 N–H and O–H groups in total. The Balaban J connectivity index is 1.99. The Morgan fingerprint density at radius 2 is 2.18 bits per heavy atom. The fourth-order valence-corrected chi connectivity index (χ4v) is 1.91. The van der Waals surface area contributed by atoms with Crippen molar-refractivity contribution in [3.05, 3.63) is 63.1 Å². The largest absolute Gasteiger partial charge is 0.491 e. The Labute approximate surface area is 127 Å². The number of benzene rings is 1. The molecule has 2 aromatic rings. The van der Waals surface area contributed by atoms with Gasteiger partial charge in [-0.2, -0.15) is 0 Å². The van der Waals surface area contributed by atoms with Gasteiger partial charge in [-0.25, -0.2) is 0 Å². The summed E-state index contributed by atoms with van der Waals surface area (Å²) >= 11 is 0. The second-order valence-electron chi connectivity index (χ2n) is 4.73. The zero-order valence-corrected chi connectivity index (χ0v) is 12.4. The zero-order chi connectivity index (χ0) is 15.9. The van der Waals surface area contributed by atoms with E-state index in [2.05, 4.69) is 10.1 Å². The second kappa shape index (κ2) is 7.13. The predicted molar refractivity (Wildman–Crippen MR) is 80.9 cm³/mol. The van der Waals surface area contributed by atoms with Crippen LogP contribution in [0.2, 0.25) is 0 Å². The molecule has 0 bridgehead atoms. The van der Waals surface area contributed by atoms with Gasteiger partial charge in [-0.1, -0.05) is 12.1 Å². The number of H-pyrrole nitrogens is 1. The lowest BCUT2D eigenvalue weighted by Crippen LogP contribution is -2.22. The lowest BCUT2D eigenvalue weighted by atomic mass is 10.2. The highest BCUT2D eigenvalue weighted by molar-refractivity contribution is 5.27. The van der Waals surface area contributed by atoms with E-state index in [1.54, 1.807) is 0 Å². The maximum Gasteiger partial charge on any atom is 0.309 e.